The zero-order valence-electron chi connectivity index (χ0n) is 15.3. The minimum Gasteiger partial charge on any atom is -0.346 e. The van der Waals surface area contributed by atoms with Crippen LogP contribution in [0.4, 0.5) is 0 Å². The van der Waals surface area contributed by atoms with Gasteiger partial charge in [0.05, 0.1) is 0 Å². The molecular formula is C20H30BrN3. The molecule has 0 atom stereocenters. The number of aromatic nitrogens is 1. The van der Waals surface area contributed by atoms with Crippen LogP contribution in [0.1, 0.15) is 27.2 Å². The highest BCUT2D eigenvalue weighted by Gasteiger charge is 2.19. The SMILES string of the molecule is CC(C)(C)CN1CCCN(CCn2ccc3ccc(Br)cc32)CC1. The Morgan fingerprint density at radius 2 is 1.71 bits per heavy atom. The Labute approximate surface area is 154 Å². The van der Waals surface area contributed by atoms with E-state index in [-0.39, 0.29) is 0 Å². The van der Waals surface area contributed by atoms with E-state index in [9.17, 15) is 0 Å². The van der Waals surface area contributed by atoms with Gasteiger partial charge in [0.1, 0.15) is 0 Å². The van der Waals surface area contributed by atoms with Crippen molar-refractivity contribution in [2.24, 2.45) is 5.41 Å². The number of nitrogens with zero attached hydrogens (tertiary/aromatic N) is 3. The average Bonchev–Trinajstić information content (AvgIpc) is 2.76. The Kier molecular flexibility index (Phi) is 5.68. The predicted molar refractivity (Wildman–Crippen MR) is 107 cm³/mol. The van der Waals surface area contributed by atoms with Gasteiger partial charge >= 0.3 is 0 Å². The molecule has 0 spiro atoms. The summed E-state index contributed by atoms with van der Waals surface area (Å²) in [7, 11) is 0. The van der Waals surface area contributed by atoms with E-state index in [4.69, 9.17) is 0 Å². The van der Waals surface area contributed by atoms with E-state index in [2.05, 4.69) is 81.5 Å². The van der Waals surface area contributed by atoms with Crippen molar-refractivity contribution in [2.45, 2.75) is 33.7 Å². The molecule has 0 unspecified atom stereocenters. The van der Waals surface area contributed by atoms with Gasteiger partial charge in [0.2, 0.25) is 0 Å². The van der Waals surface area contributed by atoms with Gasteiger partial charge in [0.15, 0.2) is 0 Å². The molecule has 1 saturated heterocycles. The number of benzene rings is 1. The smallest absolute Gasteiger partial charge is 0.0492 e. The van der Waals surface area contributed by atoms with E-state index in [1.54, 1.807) is 0 Å². The van der Waals surface area contributed by atoms with Crippen LogP contribution in [-0.2, 0) is 6.54 Å². The third-order valence-electron chi connectivity index (χ3n) is 4.77. The molecule has 132 valence electrons. The molecule has 1 fully saturated rings. The summed E-state index contributed by atoms with van der Waals surface area (Å²) in [5, 5.41) is 1.32. The van der Waals surface area contributed by atoms with Crippen LogP contribution in [0.5, 0.6) is 0 Å². The van der Waals surface area contributed by atoms with E-state index >= 15 is 0 Å². The molecule has 0 saturated carbocycles. The lowest BCUT2D eigenvalue weighted by Gasteiger charge is -2.28. The van der Waals surface area contributed by atoms with Crippen molar-refractivity contribution < 1.29 is 0 Å². The van der Waals surface area contributed by atoms with Crippen molar-refractivity contribution in [2.75, 3.05) is 39.3 Å². The Bertz CT molecular complexity index is 671. The highest BCUT2D eigenvalue weighted by molar-refractivity contribution is 9.10. The Hall–Kier alpha value is -0.840. The lowest BCUT2D eigenvalue weighted by molar-refractivity contribution is 0.192. The molecular weight excluding hydrogens is 362 g/mol. The van der Waals surface area contributed by atoms with Crippen molar-refractivity contribution in [1.82, 2.24) is 14.4 Å². The second-order valence-corrected chi connectivity index (χ2v) is 9.16. The zero-order valence-corrected chi connectivity index (χ0v) is 16.8. The summed E-state index contributed by atoms with van der Waals surface area (Å²) in [6.45, 7) is 15.3. The van der Waals surface area contributed by atoms with Crippen molar-refractivity contribution in [3.05, 3.63) is 34.9 Å². The maximum absolute atomic E-state index is 3.59. The van der Waals surface area contributed by atoms with Crippen LogP contribution >= 0.6 is 15.9 Å². The molecule has 1 aromatic heterocycles. The second kappa shape index (κ2) is 7.59. The maximum Gasteiger partial charge on any atom is 0.0492 e. The first kappa shape index (κ1) is 18.0. The lowest BCUT2D eigenvalue weighted by atomic mass is 9.96. The molecule has 4 heteroatoms. The number of rotatable bonds is 4. The Morgan fingerprint density at radius 3 is 2.50 bits per heavy atom. The summed E-state index contributed by atoms with van der Waals surface area (Å²) in [4.78, 5) is 5.27. The van der Waals surface area contributed by atoms with E-state index in [0.29, 0.717) is 5.41 Å². The fourth-order valence-electron chi connectivity index (χ4n) is 3.68. The molecule has 0 aliphatic carbocycles. The summed E-state index contributed by atoms with van der Waals surface area (Å²) in [5.41, 5.74) is 1.72. The quantitative estimate of drug-likeness (QED) is 0.761. The predicted octanol–water partition coefficient (Wildman–Crippen LogP) is 4.46. The van der Waals surface area contributed by atoms with Gasteiger partial charge in [-0.1, -0.05) is 42.8 Å². The molecule has 24 heavy (non-hydrogen) atoms. The zero-order chi connectivity index (χ0) is 17.2. The minimum atomic E-state index is 0.395. The summed E-state index contributed by atoms with van der Waals surface area (Å²) >= 11 is 3.59. The van der Waals surface area contributed by atoms with E-state index in [0.717, 1.165) is 17.6 Å². The van der Waals surface area contributed by atoms with Crippen LogP contribution in [0, 0.1) is 5.41 Å². The van der Waals surface area contributed by atoms with Crippen molar-refractivity contribution in [3.63, 3.8) is 0 Å². The molecule has 0 N–H and O–H groups in total. The molecule has 0 bridgehead atoms. The van der Waals surface area contributed by atoms with Gasteiger partial charge in [-0.2, -0.15) is 0 Å². The molecule has 2 aromatic rings. The van der Waals surface area contributed by atoms with Crippen molar-refractivity contribution >= 4 is 26.8 Å². The fraction of sp³-hybridized carbons (Fsp3) is 0.600. The van der Waals surface area contributed by atoms with Gasteiger partial charge in [-0.15, -0.1) is 0 Å². The van der Waals surface area contributed by atoms with Crippen LogP contribution in [0.25, 0.3) is 10.9 Å². The normalized spacial score (nSPS) is 18.2. The van der Waals surface area contributed by atoms with Gasteiger partial charge in [-0.25, -0.2) is 0 Å². The Morgan fingerprint density at radius 1 is 0.958 bits per heavy atom. The number of halogens is 1. The summed E-state index contributed by atoms with van der Waals surface area (Å²) in [5.74, 6) is 0. The van der Waals surface area contributed by atoms with Crippen LogP contribution in [-0.4, -0.2) is 53.6 Å². The van der Waals surface area contributed by atoms with Gasteiger partial charge in [0.25, 0.3) is 0 Å². The standard InChI is InChI=1S/C20H30BrN3/c1-20(2,3)16-23-9-4-8-22(11-12-23)13-14-24-10-7-17-5-6-18(21)15-19(17)24/h5-7,10,15H,4,8-9,11-14,16H2,1-3H3. The van der Waals surface area contributed by atoms with E-state index in [1.807, 2.05) is 0 Å². The highest BCUT2D eigenvalue weighted by Crippen LogP contribution is 2.21. The molecule has 1 aliphatic heterocycles. The van der Waals surface area contributed by atoms with Crippen LogP contribution in [0.15, 0.2) is 34.9 Å². The highest BCUT2D eigenvalue weighted by atomic mass is 79.9. The first-order chi connectivity index (χ1) is 11.4. The lowest BCUT2D eigenvalue weighted by Crippen LogP contribution is -2.36. The second-order valence-electron chi connectivity index (χ2n) is 8.24. The van der Waals surface area contributed by atoms with Crippen LogP contribution in [0.3, 0.4) is 0 Å². The number of fused-ring (bicyclic) bond motifs is 1. The Balaban J connectivity index is 1.56. The third kappa shape index (κ3) is 4.84. The monoisotopic (exact) mass is 391 g/mol. The maximum atomic E-state index is 3.59. The summed E-state index contributed by atoms with van der Waals surface area (Å²) < 4.78 is 3.54. The first-order valence-electron chi connectivity index (χ1n) is 9.10. The van der Waals surface area contributed by atoms with Gasteiger partial charge in [-0.05, 0) is 48.5 Å². The van der Waals surface area contributed by atoms with E-state index in [1.165, 1.54) is 50.0 Å². The third-order valence-corrected chi connectivity index (χ3v) is 5.27. The largest absolute Gasteiger partial charge is 0.346 e. The average molecular weight is 392 g/mol. The minimum absolute atomic E-state index is 0.395. The molecule has 0 radical (unpaired) electrons. The number of hydrogen-bond donors (Lipinski definition) is 0. The van der Waals surface area contributed by atoms with Crippen molar-refractivity contribution in [1.29, 1.82) is 0 Å². The topological polar surface area (TPSA) is 11.4 Å². The molecule has 0 amide bonds. The van der Waals surface area contributed by atoms with Gasteiger partial charge < -0.3 is 14.4 Å². The molecule has 1 aliphatic rings. The number of hydrogen-bond acceptors (Lipinski definition) is 2. The first-order valence-corrected chi connectivity index (χ1v) is 9.89. The fourth-order valence-corrected chi connectivity index (χ4v) is 4.03. The van der Waals surface area contributed by atoms with Crippen LogP contribution < -0.4 is 0 Å². The van der Waals surface area contributed by atoms with Gasteiger partial charge in [0, 0.05) is 48.9 Å². The summed E-state index contributed by atoms with van der Waals surface area (Å²) in [6.07, 6.45) is 3.51. The molecule has 2 heterocycles. The molecule has 3 rings (SSSR count). The van der Waals surface area contributed by atoms with Crippen LogP contribution in [0.2, 0.25) is 0 Å². The summed E-state index contributed by atoms with van der Waals surface area (Å²) in [6, 6.07) is 8.75. The molecule has 3 nitrogen and oxygen atoms in total. The van der Waals surface area contributed by atoms with Gasteiger partial charge in [-0.3, -0.25) is 0 Å². The van der Waals surface area contributed by atoms with Crippen molar-refractivity contribution in [3.8, 4) is 0 Å². The van der Waals surface area contributed by atoms with E-state index < -0.39 is 0 Å². The molecule has 1 aromatic carbocycles.